The van der Waals surface area contributed by atoms with Crippen molar-refractivity contribution in [3.05, 3.63) is 22.7 Å². The van der Waals surface area contributed by atoms with Gasteiger partial charge in [-0.25, -0.2) is 14.8 Å². The number of carbonyl (C=O) groups excluding carboxylic acids is 1. The Balaban J connectivity index is 3.01. The van der Waals surface area contributed by atoms with Crippen LogP contribution in [0.25, 0.3) is 0 Å². The van der Waals surface area contributed by atoms with E-state index < -0.39 is 17.5 Å². The summed E-state index contributed by atoms with van der Waals surface area (Å²) in [6.07, 6.45) is 1.83. The smallest absolute Gasteiger partial charge is 0.335 e. The second kappa shape index (κ2) is 4.88. The predicted molar refractivity (Wildman–Crippen MR) is 60.8 cm³/mol. The van der Waals surface area contributed by atoms with Gasteiger partial charge < -0.3 is 9.84 Å². The lowest BCUT2D eigenvalue weighted by Crippen LogP contribution is -2.41. The number of aromatic nitrogens is 2. The van der Waals surface area contributed by atoms with Crippen LogP contribution in [-0.2, 0) is 14.9 Å². The first-order valence-corrected chi connectivity index (χ1v) is 5.42. The minimum atomic E-state index is -1.29. The molecule has 5 nitrogen and oxygen atoms in total. The monoisotopic (exact) mass is 288 g/mol. The second-order valence-corrected chi connectivity index (χ2v) is 4.79. The lowest BCUT2D eigenvalue weighted by atomic mass is 9.85. The van der Waals surface area contributed by atoms with Gasteiger partial charge in [-0.2, -0.15) is 0 Å². The fraction of sp³-hybridized carbons (Fsp3) is 0.500. The molecular weight excluding hydrogens is 276 g/mol. The summed E-state index contributed by atoms with van der Waals surface area (Å²) in [7, 11) is 1.23. The van der Waals surface area contributed by atoms with Crippen LogP contribution in [0, 0.1) is 0 Å². The Morgan fingerprint density at radius 3 is 2.44 bits per heavy atom. The number of halogens is 1. The zero-order valence-corrected chi connectivity index (χ0v) is 10.9. The minimum absolute atomic E-state index is 0.383. The summed E-state index contributed by atoms with van der Waals surface area (Å²) in [5.74, 6) is -0.315. The van der Waals surface area contributed by atoms with E-state index >= 15 is 0 Å². The molecule has 0 saturated carbocycles. The number of methoxy groups -OCH3 is 1. The fourth-order valence-electron chi connectivity index (χ4n) is 1.17. The molecule has 0 aliphatic carbocycles. The second-order valence-electron chi connectivity index (χ2n) is 3.87. The van der Waals surface area contributed by atoms with Crippen LogP contribution < -0.4 is 0 Å². The Morgan fingerprint density at radius 2 is 2.00 bits per heavy atom. The SMILES string of the molecule is COC(=O)C(O)C(C)(C)c1ncc(Br)cn1. The molecule has 0 aromatic carbocycles. The lowest BCUT2D eigenvalue weighted by molar-refractivity contribution is -0.154. The third kappa shape index (κ3) is 2.56. The zero-order chi connectivity index (χ0) is 12.3. The molecule has 88 valence electrons. The van der Waals surface area contributed by atoms with E-state index in [2.05, 4.69) is 30.6 Å². The highest BCUT2D eigenvalue weighted by molar-refractivity contribution is 9.10. The van der Waals surface area contributed by atoms with Crippen LogP contribution in [0.3, 0.4) is 0 Å². The van der Waals surface area contributed by atoms with Gasteiger partial charge in [0, 0.05) is 12.4 Å². The van der Waals surface area contributed by atoms with Crippen LogP contribution in [0.4, 0.5) is 0 Å². The number of rotatable bonds is 3. The van der Waals surface area contributed by atoms with Gasteiger partial charge in [0.25, 0.3) is 0 Å². The first-order chi connectivity index (χ1) is 7.39. The van der Waals surface area contributed by atoms with Crippen molar-refractivity contribution in [2.24, 2.45) is 0 Å². The van der Waals surface area contributed by atoms with Gasteiger partial charge in [0.1, 0.15) is 5.82 Å². The molecule has 0 radical (unpaired) electrons. The highest BCUT2D eigenvalue weighted by Crippen LogP contribution is 2.25. The fourth-order valence-corrected chi connectivity index (χ4v) is 1.38. The number of esters is 1. The standard InChI is InChI=1S/C10H13BrN2O3/c1-10(2,7(14)8(15)16-3)9-12-4-6(11)5-13-9/h4-5,7,14H,1-3H3. The van der Waals surface area contributed by atoms with Crippen LogP contribution in [0.2, 0.25) is 0 Å². The van der Waals surface area contributed by atoms with E-state index in [1.54, 1.807) is 26.2 Å². The maximum atomic E-state index is 11.3. The van der Waals surface area contributed by atoms with Gasteiger partial charge in [0.2, 0.25) is 0 Å². The van der Waals surface area contributed by atoms with E-state index in [4.69, 9.17) is 0 Å². The molecule has 1 aromatic rings. The van der Waals surface area contributed by atoms with Crippen molar-refractivity contribution in [3.63, 3.8) is 0 Å². The molecule has 1 heterocycles. The molecule has 0 fully saturated rings. The molecule has 1 atom stereocenters. The summed E-state index contributed by atoms with van der Waals surface area (Å²) in [4.78, 5) is 19.4. The van der Waals surface area contributed by atoms with Crippen molar-refractivity contribution in [1.29, 1.82) is 0 Å². The van der Waals surface area contributed by atoms with Gasteiger partial charge in [0.15, 0.2) is 6.10 Å². The summed E-state index contributed by atoms with van der Waals surface area (Å²) >= 11 is 3.21. The van der Waals surface area contributed by atoms with E-state index in [0.717, 1.165) is 4.47 Å². The molecule has 1 rings (SSSR count). The molecule has 0 aliphatic rings. The van der Waals surface area contributed by atoms with E-state index in [1.165, 1.54) is 7.11 Å². The first-order valence-electron chi connectivity index (χ1n) is 4.63. The van der Waals surface area contributed by atoms with Crippen LogP contribution in [-0.4, -0.2) is 34.3 Å². The topological polar surface area (TPSA) is 72.3 Å². The highest BCUT2D eigenvalue weighted by Gasteiger charge is 2.38. The molecule has 6 heteroatoms. The number of carbonyl (C=O) groups is 1. The highest BCUT2D eigenvalue weighted by atomic mass is 79.9. The molecule has 0 bridgehead atoms. The Kier molecular flexibility index (Phi) is 3.98. The van der Waals surface area contributed by atoms with Gasteiger partial charge in [-0.3, -0.25) is 0 Å². The van der Waals surface area contributed by atoms with E-state index in [0.29, 0.717) is 5.82 Å². The summed E-state index contributed by atoms with van der Waals surface area (Å²) in [6.45, 7) is 3.36. The van der Waals surface area contributed by atoms with Gasteiger partial charge in [0.05, 0.1) is 17.0 Å². The summed E-state index contributed by atoms with van der Waals surface area (Å²) < 4.78 is 5.23. The summed E-state index contributed by atoms with van der Waals surface area (Å²) in [6, 6.07) is 0. The Morgan fingerprint density at radius 1 is 1.50 bits per heavy atom. The number of hydrogen-bond acceptors (Lipinski definition) is 5. The lowest BCUT2D eigenvalue weighted by Gasteiger charge is -2.26. The maximum absolute atomic E-state index is 11.3. The summed E-state index contributed by atoms with van der Waals surface area (Å²) in [5.41, 5.74) is -0.895. The Hall–Kier alpha value is -1.01. The molecule has 1 N–H and O–H groups in total. The third-order valence-corrected chi connectivity index (χ3v) is 2.71. The van der Waals surface area contributed by atoms with Crippen molar-refractivity contribution in [1.82, 2.24) is 9.97 Å². The molecule has 0 aliphatic heterocycles. The van der Waals surface area contributed by atoms with Crippen molar-refractivity contribution in [3.8, 4) is 0 Å². The van der Waals surface area contributed by atoms with E-state index in [1.807, 2.05) is 0 Å². The number of ether oxygens (including phenoxy) is 1. The Labute approximate surface area is 102 Å². The number of aliphatic hydroxyl groups is 1. The number of hydrogen-bond donors (Lipinski definition) is 1. The predicted octanol–water partition coefficient (Wildman–Crippen LogP) is 1.05. The number of nitrogens with zero attached hydrogens (tertiary/aromatic N) is 2. The van der Waals surface area contributed by atoms with E-state index in [-0.39, 0.29) is 0 Å². The summed E-state index contributed by atoms with van der Waals surface area (Å²) in [5, 5.41) is 9.80. The van der Waals surface area contributed by atoms with Gasteiger partial charge in [-0.1, -0.05) is 0 Å². The van der Waals surface area contributed by atoms with Gasteiger partial charge >= 0.3 is 5.97 Å². The van der Waals surface area contributed by atoms with Crippen LogP contribution >= 0.6 is 15.9 Å². The van der Waals surface area contributed by atoms with Crippen LogP contribution in [0.1, 0.15) is 19.7 Å². The number of aliphatic hydroxyl groups excluding tert-OH is 1. The molecule has 0 spiro atoms. The third-order valence-electron chi connectivity index (χ3n) is 2.30. The van der Waals surface area contributed by atoms with Gasteiger partial charge in [-0.05, 0) is 29.8 Å². The van der Waals surface area contributed by atoms with Gasteiger partial charge in [-0.15, -0.1) is 0 Å². The first kappa shape index (κ1) is 13.1. The van der Waals surface area contributed by atoms with Crippen LogP contribution in [0.5, 0.6) is 0 Å². The minimum Gasteiger partial charge on any atom is -0.467 e. The molecule has 0 saturated heterocycles. The quantitative estimate of drug-likeness (QED) is 0.842. The van der Waals surface area contributed by atoms with Crippen molar-refractivity contribution < 1.29 is 14.6 Å². The average molecular weight is 289 g/mol. The molecule has 1 unspecified atom stereocenters. The molecule has 16 heavy (non-hydrogen) atoms. The Bertz CT molecular complexity index is 378. The van der Waals surface area contributed by atoms with Crippen LogP contribution in [0.15, 0.2) is 16.9 Å². The zero-order valence-electron chi connectivity index (χ0n) is 9.27. The molecule has 0 amide bonds. The van der Waals surface area contributed by atoms with Crippen molar-refractivity contribution >= 4 is 21.9 Å². The van der Waals surface area contributed by atoms with E-state index in [9.17, 15) is 9.90 Å². The van der Waals surface area contributed by atoms with Crippen molar-refractivity contribution in [2.45, 2.75) is 25.4 Å². The normalized spacial score (nSPS) is 13.3. The largest absolute Gasteiger partial charge is 0.467 e. The van der Waals surface area contributed by atoms with Crippen molar-refractivity contribution in [2.75, 3.05) is 7.11 Å². The molecular formula is C10H13BrN2O3. The maximum Gasteiger partial charge on any atom is 0.335 e. The average Bonchev–Trinajstić information content (AvgIpc) is 2.27. The molecule has 1 aromatic heterocycles.